The summed E-state index contributed by atoms with van der Waals surface area (Å²) >= 11 is 0. The van der Waals surface area contributed by atoms with Crippen LogP contribution in [0.15, 0.2) is 29.1 Å². The second-order valence-electron chi connectivity index (χ2n) is 12.4. The lowest BCUT2D eigenvalue weighted by Gasteiger charge is -2.39. The molecule has 1 unspecified atom stereocenters. The van der Waals surface area contributed by atoms with Crippen LogP contribution < -0.4 is 10.3 Å². The largest absolute Gasteiger partial charge is 0.429 e. The molecule has 44 heavy (non-hydrogen) atoms. The second-order valence-corrected chi connectivity index (χ2v) is 12.4. The molecule has 11 heteroatoms. The number of amides is 1. The van der Waals surface area contributed by atoms with E-state index in [9.17, 15) is 24.6 Å². The number of aryl methyl sites for hydroxylation is 1. The summed E-state index contributed by atoms with van der Waals surface area (Å²) in [6.45, 7) is 7.51. The van der Waals surface area contributed by atoms with E-state index in [1.807, 2.05) is 19.1 Å². The van der Waals surface area contributed by atoms with Gasteiger partial charge in [-0.3, -0.25) is 4.79 Å². The summed E-state index contributed by atoms with van der Waals surface area (Å²) < 4.78 is 12.3. The van der Waals surface area contributed by atoms with E-state index in [-0.39, 0.29) is 30.2 Å². The standard InChI is InChI=1S/C33H38N4O7/c1-3-21-22-16-20(43-32(41)36-14-10-19(11-15-36)35-12-6-5-7-13-35)8-9-25(22)34-28-23(21)18-37-26(28)17-24-27(29(37)38)30(39)44-31(40)33(24,42)4-2/h8-9,16-17,19,30,39,42H,3-7,10-15,18H2,1-2H3/t30?,33-/m0/s1/i3+1,8+1,9+1,16+1,20+1,22+1,25+1,35+1. The number of aromatic nitrogens is 2. The van der Waals surface area contributed by atoms with Gasteiger partial charge in [0.05, 0.1) is 29.0 Å². The summed E-state index contributed by atoms with van der Waals surface area (Å²) in [5, 5.41) is 22.5. The van der Waals surface area contributed by atoms with Crippen LogP contribution in [0.25, 0.3) is 22.3 Å². The normalized spacial score (nSPS) is 23.7. The van der Waals surface area contributed by atoms with Gasteiger partial charge >= 0.3 is 12.1 Å². The van der Waals surface area contributed by atoms with Gasteiger partial charge in [-0.1, -0.05) is 20.3 Å². The molecule has 6 heterocycles. The van der Waals surface area contributed by atoms with Crippen LogP contribution in [-0.2, 0) is 28.1 Å². The summed E-state index contributed by atoms with van der Waals surface area (Å²) in [7, 11) is 0. The Balaban J connectivity index is 1.18. The first-order valence-electron chi connectivity index (χ1n) is 15.8. The number of aliphatic hydroxyl groups is 2. The molecule has 11 nitrogen and oxygen atoms in total. The van der Waals surface area contributed by atoms with Crippen LogP contribution >= 0.6 is 0 Å². The van der Waals surface area contributed by atoms with Crippen molar-refractivity contribution in [3.8, 4) is 17.1 Å². The Labute approximate surface area is 255 Å². The quantitative estimate of drug-likeness (QED) is 0.202. The maximum atomic E-state index is 13.6. The SMILES string of the molecule is CC[C@@]1(O)C(=O)OC(O)c2c1cc1n(c2=O)Cc2c-1n[13c]1[13cH][13cH][13c](OC(=O)N3CCC([15N]4CCCCC4)CC3)[13cH][13c]1c2[13CH2]C. The highest BCUT2D eigenvalue weighted by molar-refractivity contribution is 5.90. The average Bonchev–Trinajstić information content (AvgIpc) is 3.41. The first-order valence-corrected chi connectivity index (χ1v) is 15.8. The fourth-order valence-corrected chi connectivity index (χ4v) is 7.52. The van der Waals surface area contributed by atoms with E-state index >= 15 is 0 Å². The van der Waals surface area contributed by atoms with Crippen molar-refractivity contribution >= 4 is 23.0 Å². The molecule has 1 amide bonds. The number of nitrogens with zero attached hydrogens (tertiary/aromatic N) is 4. The van der Waals surface area contributed by atoms with Crippen molar-refractivity contribution in [2.45, 2.75) is 83.3 Å². The number of carbonyl (C=O) groups is 2. The molecule has 7 rings (SSSR count). The van der Waals surface area contributed by atoms with Crippen LogP contribution in [-0.4, -0.2) is 73.8 Å². The van der Waals surface area contributed by atoms with Crippen molar-refractivity contribution in [2.24, 2.45) is 0 Å². The number of esters is 1. The number of ether oxygens (including phenoxy) is 2. The van der Waals surface area contributed by atoms with Crippen molar-refractivity contribution in [1.29, 1.82) is 0 Å². The number of cyclic esters (lactones) is 1. The minimum absolute atomic E-state index is 0.0232. The summed E-state index contributed by atoms with van der Waals surface area (Å²) in [6, 6.07) is 7.50. The lowest BCUT2D eigenvalue weighted by atomic mass is 9.85. The Bertz CT molecular complexity index is 1720. The van der Waals surface area contributed by atoms with Crippen molar-refractivity contribution in [2.75, 3.05) is 26.2 Å². The number of hydrogen-bond acceptors (Lipinski definition) is 9. The highest BCUT2D eigenvalue weighted by Gasteiger charge is 2.48. The smallest absolute Gasteiger partial charge is 0.415 e. The highest BCUT2D eigenvalue weighted by Crippen LogP contribution is 2.42. The highest BCUT2D eigenvalue weighted by atomic mass is 16.6. The Hall–Kier alpha value is -3.80. The number of rotatable bonds is 4. The molecule has 1 aromatic carbocycles. The van der Waals surface area contributed by atoms with Crippen molar-refractivity contribution < 1.29 is 29.3 Å². The van der Waals surface area contributed by atoms with Crippen molar-refractivity contribution in [3.63, 3.8) is 0 Å². The van der Waals surface area contributed by atoms with Crippen LogP contribution in [0.5, 0.6) is 5.75 Å². The minimum atomic E-state index is -2.04. The van der Waals surface area contributed by atoms with E-state index in [4.69, 9.17) is 14.5 Å². The van der Waals surface area contributed by atoms with Gasteiger partial charge in [-0.2, -0.15) is 0 Å². The number of carbonyl (C=O) groups excluding carboxylic acids is 2. The molecular formula is C33H38N4O7. The van der Waals surface area contributed by atoms with Gasteiger partial charge in [-0.15, -0.1) is 0 Å². The lowest BCUT2D eigenvalue weighted by molar-refractivity contribution is -0.199. The topological polar surface area (TPSA) is 134 Å². The van der Waals surface area contributed by atoms with Crippen molar-refractivity contribution in [1.82, 2.24) is 19.4 Å². The number of benzene rings is 1. The molecule has 232 valence electrons. The predicted molar refractivity (Wildman–Crippen MR) is 161 cm³/mol. The summed E-state index contributed by atoms with van der Waals surface area (Å²) in [4.78, 5) is 48.6. The first kappa shape index (κ1) is 28.9. The molecular weight excluding hydrogens is 572 g/mol. The van der Waals surface area contributed by atoms with Crippen LogP contribution in [0.2, 0.25) is 0 Å². The maximum Gasteiger partial charge on any atom is 0.415 e. The number of fused-ring (bicyclic) bond motifs is 5. The van der Waals surface area contributed by atoms with Crippen LogP contribution in [0.4, 0.5) is 4.79 Å². The molecule has 3 aromatic rings. The molecule has 0 spiro atoms. The molecule has 0 radical (unpaired) electrons. The van der Waals surface area contributed by atoms with Gasteiger partial charge < -0.3 is 34.1 Å². The van der Waals surface area contributed by atoms with E-state index in [2.05, 4.69) is 4.90 Å². The van der Waals surface area contributed by atoms with E-state index < -0.39 is 23.4 Å². The van der Waals surface area contributed by atoms with Gasteiger partial charge in [-0.05, 0) is 81.4 Å². The van der Waals surface area contributed by atoms with Gasteiger partial charge in [0.25, 0.3) is 5.56 Å². The third-order valence-corrected chi connectivity index (χ3v) is 10.0. The third kappa shape index (κ3) is 4.52. The zero-order chi connectivity index (χ0) is 30.7. The molecule has 2 fully saturated rings. The Morgan fingerprint density at radius 1 is 1.09 bits per heavy atom. The number of likely N-dealkylation sites (tertiary alicyclic amines) is 2. The average molecular weight is 611 g/mol. The van der Waals surface area contributed by atoms with Crippen molar-refractivity contribution in [3.05, 3.63) is 56.9 Å². The maximum absolute atomic E-state index is 13.6. The third-order valence-electron chi connectivity index (χ3n) is 10.0. The van der Waals surface area contributed by atoms with Crippen LogP contribution in [0.1, 0.15) is 80.9 Å². The summed E-state index contributed by atoms with van der Waals surface area (Å²) in [5.74, 6) is -0.552. The second kappa shape index (κ2) is 11.0. The van der Waals surface area contributed by atoms with Gasteiger partial charge in [0.1, 0.15) is 5.75 Å². The summed E-state index contributed by atoms with van der Waals surface area (Å²) in [5.41, 5.74) is 0.864. The number of aliphatic hydroxyl groups excluding tert-OH is 1. The molecule has 4 aliphatic heterocycles. The molecule has 0 saturated carbocycles. The van der Waals surface area contributed by atoms with Crippen LogP contribution in [0.3, 0.4) is 0 Å². The molecule has 4 aliphatic rings. The number of hydrogen-bond donors (Lipinski definition) is 2. The van der Waals surface area contributed by atoms with E-state index in [0.29, 0.717) is 48.2 Å². The first-order chi connectivity index (χ1) is 21.2. The van der Waals surface area contributed by atoms with Gasteiger partial charge in [0.15, 0.2) is 5.60 Å². The number of piperidine rings is 2. The summed E-state index contributed by atoms with van der Waals surface area (Å²) in [6.07, 6.45) is 4.24. The molecule has 2 saturated heterocycles. The fourth-order valence-electron chi connectivity index (χ4n) is 7.52. The van der Waals surface area contributed by atoms with Gasteiger partial charge in [0.2, 0.25) is 6.29 Å². The van der Waals surface area contributed by atoms with Gasteiger partial charge in [-0.25, -0.2) is 14.6 Å². The molecule has 2 atom stereocenters. The monoisotopic (exact) mass is 610 g/mol. The Morgan fingerprint density at radius 2 is 1.84 bits per heavy atom. The minimum Gasteiger partial charge on any atom is -0.429 e. The fraction of sp³-hybridized carbons (Fsp3) is 0.515. The zero-order valence-corrected chi connectivity index (χ0v) is 25.2. The molecule has 0 aliphatic carbocycles. The Kier molecular flexibility index (Phi) is 7.22. The van der Waals surface area contributed by atoms with Gasteiger partial charge in [0, 0.05) is 35.6 Å². The Morgan fingerprint density at radius 3 is 2.55 bits per heavy atom. The molecule has 2 aromatic heterocycles. The van der Waals surface area contributed by atoms with E-state index in [1.54, 1.807) is 24.0 Å². The lowest BCUT2D eigenvalue weighted by Crippen LogP contribution is -2.48. The zero-order valence-electron chi connectivity index (χ0n) is 25.2. The molecule has 2 N–H and O–H groups in total. The predicted octanol–water partition coefficient (Wildman–Crippen LogP) is 3.58. The van der Waals surface area contributed by atoms with E-state index in [1.165, 1.54) is 23.8 Å². The van der Waals surface area contributed by atoms with E-state index in [0.717, 1.165) is 42.4 Å². The number of pyridine rings is 2. The molecule has 0 bridgehead atoms. The van der Waals surface area contributed by atoms with Crippen LogP contribution in [0, 0.1) is 0 Å².